The lowest BCUT2D eigenvalue weighted by Crippen LogP contribution is -2.50. The molecule has 0 spiro atoms. The van der Waals surface area contributed by atoms with Gasteiger partial charge in [0.15, 0.2) is 0 Å². The van der Waals surface area contributed by atoms with Gasteiger partial charge in [0.25, 0.3) is 5.91 Å². The van der Waals surface area contributed by atoms with Crippen molar-refractivity contribution in [2.45, 2.75) is 11.1 Å². The summed E-state index contributed by atoms with van der Waals surface area (Å²) in [6.45, 7) is -0.464. The first kappa shape index (κ1) is 22.8. The van der Waals surface area contributed by atoms with Gasteiger partial charge in [-0.05, 0) is 36.4 Å². The van der Waals surface area contributed by atoms with Crippen LogP contribution in [0.15, 0.2) is 41.3 Å². The van der Waals surface area contributed by atoms with Gasteiger partial charge in [-0.2, -0.15) is 17.5 Å². The number of nitrogens with zero attached hydrogens (tertiary/aromatic N) is 2. The summed E-state index contributed by atoms with van der Waals surface area (Å²) in [7, 11) is -4.25. The molecule has 3 rings (SSSR count). The molecule has 1 saturated heterocycles. The first-order valence-electron chi connectivity index (χ1n) is 8.52. The number of sulfonamides is 1. The summed E-state index contributed by atoms with van der Waals surface area (Å²) >= 11 is 11.3. The molecule has 0 aliphatic carbocycles. The van der Waals surface area contributed by atoms with E-state index in [0.717, 1.165) is 22.5 Å². The van der Waals surface area contributed by atoms with Gasteiger partial charge in [-0.3, -0.25) is 4.79 Å². The van der Waals surface area contributed by atoms with E-state index in [1.54, 1.807) is 0 Å². The third-order valence-corrected chi connectivity index (χ3v) is 7.02. The zero-order valence-electron chi connectivity index (χ0n) is 15.1. The Morgan fingerprint density at radius 2 is 1.60 bits per heavy atom. The maximum absolute atomic E-state index is 13.9. The number of hydrogen-bond donors (Lipinski definition) is 0. The summed E-state index contributed by atoms with van der Waals surface area (Å²) < 4.78 is 79.5. The Bertz CT molecular complexity index is 1090. The molecule has 0 N–H and O–H groups in total. The van der Waals surface area contributed by atoms with Gasteiger partial charge in [-0.1, -0.05) is 23.2 Å². The lowest BCUT2D eigenvalue weighted by Gasteiger charge is -2.34. The first-order chi connectivity index (χ1) is 13.9. The first-order valence-corrected chi connectivity index (χ1v) is 10.7. The Labute approximate surface area is 179 Å². The number of alkyl halides is 3. The van der Waals surface area contributed by atoms with Crippen LogP contribution in [0.25, 0.3) is 0 Å². The van der Waals surface area contributed by atoms with E-state index in [2.05, 4.69) is 0 Å². The highest BCUT2D eigenvalue weighted by molar-refractivity contribution is 7.89. The van der Waals surface area contributed by atoms with E-state index < -0.39 is 43.4 Å². The summed E-state index contributed by atoms with van der Waals surface area (Å²) in [4.78, 5) is 13.2. The van der Waals surface area contributed by atoms with Crippen molar-refractivity contribution in [3.8, 4) is 0 Å². The molecular weight excluding hydrogens is 471 g/mol. The van der Waals surface area contributed by atoms with Gasteiger partial charge in [0.2, 0.25) is 10.0 Å². The summed E-state index contributed by atoms with van der Waals surface area (Å²) in [5.41, 5.74) is -1.50. The fourth-order valence-electron chi connectivity index (χ4n) is 2.99. The zero-order valence-corrected chi connectivity index (χ0v) is 17.4. The highest BCUT2D eigenvalue weighted by Gasteiger charge is 2.36. The minimum absolute atomic E-state index is 0.0657. The van der Waals surface area contributed by atoms with Crippen molar-refractivity contribution >= 4 is 39.1 Å². The number of rotatable bonds is 3. The van der Waals surface area contributed by atoms with Gasteiger partial charge < -0.3 is 4.90 Å². The second-order valence-corrected chi connectivity index (χ2v) is 9.24. The maximum atomic E-state index is 13.9. The Morgan fingerprint density at radius 3 is 2.20 bits per heavy atom. The van der Waals surface area contributed by atoms with Crippen molar-refractivity contribution < 1.29 is 30.8 Å². The average molecular weight is 485 g/mol. The van der Waals surface area contributed by atoms with Crippen molar-refractivity contribution in [3.63, 3.8) is 0 Å². The summed E-state index contributed by atoms with van der Waals surface area (Å²) in [6.07, 6.45) is -4.81. The van der Waals surface area contributed by atoms with Gasteiger partial charge in [0, 0.05) is 31.2 Å². The highest BCUT2D eigenvalue weighted by Crippen LogP contribution is 2.36. The standard InChI is InChI=1S/C18H14Cl2F4N2O3S/c19-11-1-4-16(21)13(9-11)17(27)25-5-7-26(8-6-25)30(28,29)12-2-3-15(20)14(10-12)18(22,23)24/h1-4,9-10H,5-8H2. The van der Waals surface area contributed by atoms with Gasteiger partial charge in [0.05, 0.1) is 21.0 Å². The molecule has 1 amide bonds. The molecule has 0 atom stereocenters. The molecule has 1 fully saturated rings. The molecule has 2 aromatic rings. The fourth-order valence-corrected chi connectivity index (χ4v) is 4.84. The molecule has 5 nitrogen and oxygen atoms in total. The van der Waals surface area contributed by atoms with E-state index in [0.29, 0.717) is 6.07 Å². The number of amides is 1. The average Bonchev–Trinajstić information content (AvgIpc) is 2.68. The van der Waals surface area contributed by atoms with Crippen molar-refractivity contribution in [2.24, 2.45) is 0 Å². The monoisotopic (exact) mass is 484 g/mol. The molecule has 0 radical (unpaired) electrons. The Kier molecular flexibility index (Phi) is 6.33. The van der Waals surface area contributed by atoms with Crippen LogP contribution in [0.3, 0.4) is 0 Å². The van der Waals surface area contributed by atoms with E-state index in [1.165, 1.54) is 17.0 Å². The van der Waals surface area contributed by atoms with E-state index in [-0.39, 0.29) is 36.8 Å². The summed E-state index contributed by atoms with van der Waals surface area (Å²) in [6, 6.07) is 5.87. The molecule has 0 unspecified atom stereocenters. The molecule has 0 aromatic heterocycles. The molecule has 1 aliphatic heterocycles. The topological polar surface area (TPSA) is 57.7 Å². The normalized spacial score (nSPS) is 16.0. The number of piperazine rings is 1. The molecule has 2 aromatic carbocycles. The van der Waals surface area contributed by atoms with E-state index in [9.17, 15) is 30.8 Å². The number of hydrogen-bond acceptors (Lipinski definition) is 3. The Hall–Kier alpha value is -1.88. The minimum atomic E-state index is -4.81. The Balaban J connectivity index is 1.77. The van der Waals surface area contributed by atoms with Crippen LogP contribution in [0.2, 0.25) is 10.0 Å². The van der Waals surface area contributed by atoms with Crippen LogP contribution in [-0.2, 0) is 16.2 Å². The zero-order chi connectivity index (χ0) is 22.3. The number of carbonyl (C=O) groups is 1. The number of benzene rings is 2. The van der Waals surface area contributed by atoms with Gasteiger partial charge in [-0.25, -0.2) is 12.8 Å². The molecule has 1 aliphatic rings. The second-order valence-electron chi connectivity index (χ2n) is 6.46. The molecular formula is C18H14Cl2F4N2O3S. The van der Waals surface area contributed by atoms with Crippen molar-refractivity contribution in [1.29, 1.82) is 0 Å². The molecule has 1 heterocycles. The third kappa shape index (κ3) is 4.56. The molecule has 0 saturated carbocycles. The number of halogens is 6. The lowest BCUT2D eigenvalue weighted by atomic mass is 10.1. The smallest absolute Gasteiger partial charge is 0.336 e. The van der Waals surface area contributed by atoms with Crippen LogP contribution < -0.4 is 0 Å². The predicted molar refractivity (Wildman–Crippen MR) is 103 cm³/mol. The van der Waals surface area contributed by atoms with E-state index in [4.69, 9.17) is 23.2 Å². The molecule has 162 valence electrons. The van der Waals surface area contributed by atoms with E-state index >= 15 is 0 Å². The lowest BCUT2D eigenvalue weighted by molar-refractivity contribution is -0.137. The van der Waals surface area contributed by atoms with Crippen molar-refractivity contribution in [2.75, 3.05) is 26.2 Å². The second kappa shape index (κ2) is 8.33. The Morgan fingerprint density at radius 1 is 0.967 bits per heavy atom. The minimum Gasteiger partial charge on any atom is -0.336 e. The van der Waals surface area contributed by atoms with Crippen molar-refractivity contribution in [3.05, 3.63) is 63.4 Å². The van der Waals surface area contributed by atoms with Crippen LogP contribution in [0.5, 0.6) is 0 Å². The van der Waals surface area contributed by atoms with Gasteiger partial charge in [-0.15, -0.1) is 0 Å². The molecule has 12 heteroatoms. The summed E-state index contributed by atoms with van der Waals surface area (Å²) in [5.74, 6) is -1.42. The predicted octanol–water partition coefficient (Wildman–Crippen LogP) is 4.30. The fraction of sp³-hybridized carbons (Fsp3) is 0.278. The third-order valence-electron chi connectivity index (χ3n) is 4.57. The van der Waals surface area contributed by atoms with Crippen LogP contribution >= 0.6 is 23.2 Å². The van der Waals surface area contributed by atoms with Crippen LogP contribution in [0, 0.1) is 5.82 Å². The quantitative estimate of drug-likeness (QED) is 0.610. The maximum Gasteiger partial charge on any atom is 0.417 e. The molecule has 0 bridgehead atoms. The van der Waals surface area contributed by atoms with Gasteiger partial charge in [0.1, 0.15) is 5.82 Å². The van der Waals surface area contributed by atoms with Crippen LogP contribution in [-0.4, -0.2) is 49.7 Å². The molecule has 30 heavy (non-hydrogen) atoms. The summed E-state index contributed by atoms with van der Waals surface area (Å²) in [5, 5.41) is -0.440. The van der Waals surface area contributed by atoms with Crippen molar-refractivity contribution in [1.82, 2.24) is 9.21 Å². The SMILES string of the molecule is O=C(c1cc(Cl)ccc1F)N1CCN(S(=O)(=O)c2ccc(Cl)c(C(F)(F)F)c2)CC1. The van der Waals surface area contributed by atoms with Gasteiger partial charge >= 0.3 is 6.18 Å². The largest absolute Gasteiger partial charge is 0.417 e. The van der Waals surface area contributed by atoms with Crippen LogP contribution in [0.4, 0.5) is 17.6 Å². The van der Waals surface area contributed by atoms with Crippen LogP contribution in [0.1, 0.15) is 15.9 Å². The van der Waals surface area contributed by atoms with E-state index in [1.807, 2.05) is 0 Å². The number of carbonyl (C=O) groups excluding carboxylic acids is 1. The highest BCUT2D eigenvalue weighted by atomic mass is 35.5.